The molecule has 0 saturated heterocycles. The number of carbonyl (C=O) groups is 1. The minimum Gasteiger partial charge on any atom is -0.337 e. The second-order valence-corrected chi connectivity index (χ2v) is 7.00. The predicted octanol–water partition coefficient (Wildman–Crippen LogP) is 4.68. The van der Waals surface area contributed by atoms with Gasteiger partial charge >= 0.3 is 0 Å². The van der Waals surface area contributed by atoms with Gasteiger partial charge in [-0.2, -0.15) is 0 Å². The number of carbonyl (C=O) groups excluding carboxylic acids is 1. The summed E-state index contributed by atoms with van der Waals surface area (Å²) in [6.45, 7) is 9.62. The van der Waals surface area contributed by atoms with E-state index in [1.807, 2.05) is 39.0 Å². The molecular weight excluding hydrogens is 348 g/mol. The number of aromatic nitrogens is 2. The van der Waals surface area contributed by atoms with Gasteiger partial charge in [0.2, 0.25) is 5.95 Å². The molecule has 1 heterocycles. The predicted molar refractivity (Wildman–Crippen MR) is 114 cm³/mol. The molecule has 0 aliphatic rings. The van der Waals surface area contributed by atoms with E-state index in [-0.39, 0.29) is 5.91 Å². The molecule has 0 atom stereocenters. The summed E-state index contributed by atoms with van der Waals surface area (Å²) in [4.78, 5) is 23.6. The van der Waals surface area contributed by atoms with Crippen molar-refractivity contribution in [2.45, 2.75) is 34.2 Å². The fourth-order valence-electron chi connectivity index (χ4n) is 3.29. The van der Waals surface area contributed by atoms with E-state index in [9.17, 15) is 4.79 Å². The number of benzene rings is 2. The van der Waals surface area contributed by atoms with Crippen molar-refractivity contribution in [3.63, 3.8) is 0 Å². The van der Waals surface area contributed by atoms with Gasteiger partial charge in [0.05, 0.1) is 5.56 Å². The largest absolute Gasteiger partial charge is 0.337 e. The number of amides is 1. The third kappa shape index (κ3) is 4.55. The SMILES string of the molecule is CCN(Cc1ccccc1)c1ncc(C(=O)Nc2c(C)cc(C)cc2C)cn1. The highest BCUT2D eigenvalue weighted by atomic mass is 16.1. The monoisotopic (exact) mass is 374 g/mol. The summed E-state index contributed by atoms with van der Waals surface area (Å²) in [5.74, 6) is 0.415. The van der Waals surface area contributed by atoms with Gasteiger partial charge in [-0.3, -0.25) is 4.79 Å². The molecule has 1 amide bonds. The standard InChI is InChI=1S/C23H26N4O/c1-5-27(15-19-9-7-6-8-10-19)23-24-13-20(14-25-23)22(28)26-21-17(3)11-16(2)12-18(21)4/h6-14H,5,15H2,1-4H3,(H,26,28). The number of hydrogen-bond acceptors (Lipinski definition) is 4. The maximum atomic E-state index is 12.6. The van der Waals surface area contributed by atoms with Gasteiger partial charge in [0.1, 0.15) is 0 Å². The molecule has 5 nitrogen and oxygen atoms in total. The Balaban J connectivity index is 1.73. The Morgan fingerprint density at radius 1 is 1.00 bits per heavy atom. The Bertz CT molecular complexity index is 929. The first-order chi connectivity index (χ1) is 13.5. The Hall–Kier alpha value is -3.21. The number of anilines is 2. The zero-order valence-corrected chi connectivity index (χ0v) is 16.9. The van der Waals surface area contributed by atoms with E-state index in [1.165, 1.54) is 11.1 Å². The van der Waals surface area contributed by atoms with Crippen LogP contribution in [0.15, 0.2) is 54.9 Å². The van der Waals surface area contributed by atoms with Gasteiger partial charge in [-0.1, -0.05) is 48.0 Å². The smallest absolute Gasteiger partial charge is 0.258 e. The molecule has 5 heteroatoms. The number of nitrogens with zero attached hydrogens (tertiary/aromatic N) is 3. The van der Waals surface area contributed by atoms with Gasteiger partial charge < -0.3 is 10.2 Å². The molecule has 2 aromatic carbocycles. The Kier molecular flexibility index (Phi) is 6.04. The van der Waals surface area contributed by atoms with Gasteiger partial charge in [-0.05, 0) is 44.4 Å². The van der Waals surface area contributed by atoms with Crippen molar-refractivity contribution in [1.29, 1.82) is 0 Å². The quantitative estimate of drug-likeness (QED) is 0.680. The summed E-state index contributed by atoms with van der Waals surface area (Å²) >= 11 is 0. The van der Waals surface area contributed by atoms with Crippen LogP contribution in [0.4, 0.5) is 11.6 Å². The van der Waals surface area contributed by atoms with E-state index in [4.69, 9.17) is 0 Å². The second-order valence-electron chi connectivity index (χ2n) is 7.00. The van der Waals surface area contributed by atoms with Gasteiger partial charge in [0.25, 0.3) is 5.91 Å². The summed E-state index contributed by atoms with van der Waals surface area (Å²) in [5, 5.41) is 2.99. The third-order valence-electron chi connectivity index (χ3n) is 4.70. The molecule has 0 aliphatic carbocycles. The van der Waals surface area contributed by atoms with Crippen molar-refractivity contribution in [2.75, 3.05) is 16.8 Å². The van der Waals surface area contributed by atoms with Crippen LogP contribution in [0.3, 0.4) is 0 Å². The highest BCUT2D eigenvalue weighted by molar-refractivity contribution is 6.04. The van der Waals surface area contributed by atoms with Gasteiger partial charge in [0.15, 0.2) is 0 Å². The lowest BCUT2D eigenvalue weighted by molar-refractivity contribution is 0.102. The van der Waals surface area contributed by atoms with E-state index in [1.54, 1.807) is 12.4 Å². The van der Waals surface area contributed by atoms with Crippen LogP contribution >= 0.6 is 0 Å². The topological polar surface area (TPSA) is 58.1 Å². The Morgan fingerprint density at radius 3 is 2.18 bits per heavy atom. The fourth-order valence-corrected chi connectivity index (χ4v) is 3.29. The number of rotatable bonds is 6. The van der Waals surface area contributed by atoms with Crippen LogP contribution in [0.25, 0.3) is 0 Å². The van der Waals surface area contributed by atoms with Gasteiger partial charge in [0, 0.05) is 31.2 Å². The van der Waals surface area contributed by atoms with Crippen molar-refractivity contribution in [1.82, 2.24) is 9.97 Å². The second kappa shape index (κ2) is 8.65. The average Bonchev–Trinajstić information content (AvgIpc) is 2.69. The molecule has 0 fully saturated rings. The van der Waals surface area contributed by atoms with Crippen LogP contribution in [-0.4, -0.2) is 22.4 Å². The lowest BCUT2D eigenvalue weighted by Gasteiger charge is -2.20. The zero-order valence-electron chi connectivity index (χ0n) is 16.9. The summed E-state index contributed by atoms with van der Waals surface area (Å²) in [6, 6.07) is 14.3. The summed E-state index contributed by atoms with van der Waals surface area (Å²) in [5.41, 5.74) is 5.75. The highest BCUT2D eigenvalue weighted by Crippen LogP contribution is 2.22. The van der Waals surface area contributed by atoms with Crippen LogP contribution in [0.1, 0.15) is 39.5 Å². The molecule has 0 unspecified atom stereocenters. The minimum absolute atomic E-state index is 0.201. The molecule has 3 aromatic rings. The van der Waals surface area contributed by atoms with Crippen LogP contribution in [0, 0.1) is 20.8 Å². The van der Waals surface area contributed by atoms with Gasteiger partial charge in [-0.25, -0.2) is 9.97 Å². The molecular formula is C23H26N4O. The van der Waals surface area contributed by atoms with E-state index in [0.717, 1.165) is 29.9 Å². The molecule has 144 valence electrons. The van der Waals surface area contributed by atoms with Crippen LogP contribution in [0.5, 0.6) is 0 Å². The lowest BCUT2D eigenvalue weighted by atomic mass is 10.0. The molecule has 0 spiro atoms. The molecule has 0 bridgehead atoms. The lowest BCUT2D eigenvalue weighted by Crippen LogP contribution is -2.24. The van der Waals surface area contributed by atoms with E-state index < -0.39 is 0 Å². The highest BCUT2D eigenvalue weighted by Gasteiger charge is 2.13. The zero-order chi connectivity index (χ0) is 20.1. The summed E-state index contributed by atoms with van der Waals surface area (Å²) in [6.07, 6.45) is 3.17. The minimum atomic E-state index is -0.201. The molecule has 1 N–H and O–H groups in total. The van der Waals surface area contributed by atoms with E-state index in [2.05, 4.69) is 51.4 Å². The Morgan fingerprint density at radius 2 is 1.61 bits per heavy atom. The van der Waals surface area contributed by atoms with Crippen molar-refractivity contribution in [2.24, 2.45) is 0 Å². The third-order valence-corrected chi connectivity index (χ3v) is 4.70. The van der Waals surface area contributed by atoms with E-state index in [0.29, 0.717) is 11.5 Å². The first-order valence-corrected chi connectivity index (χ1v) is 9.48. The van der Waals surface area contributed by atoms with E-state index >= 15 is 0 Å². The number of hydrogen-bond donors (Lipinski definition) is 1. The van der Waals surface area contributed by atoms with Crippen LogP contribution in [0.2, 0.25) is 0 Å². The molecule has 1 aromatic heterocycles. The molecule has 28 heavy (non-hydrogen) atoms. The maximum Gasteiger partial charge on any atom is 0.258 e. The first-order valence-electron chi connectivity index (χ1n) is 9.48. The van der Waals surface area contributed by atoms with Crippen molar-refractivity contribution in [3.05, 3.63) is 82.7 Å². The summed E-state index contributed by atoms with van der Waals surface area (Å²) < 4.78 is 0. The van der Waals surface area contributed by atoms with Crippen molar-refractivity contribution >= 4 is 17.5 Å². The average molecular weight is 374 g/mol. The maximum absolute atomic E-state index is 12.6. The molecule has 0 aliphatic heterocycles. The summed E-state index contributed by atoms with van der Waals surface area (Å²) in [7, 11) is 0. The molecule has 0 saturated carbocycles. The Labute approximate surface area is 166 Å². The van der Waals surface area contributed by atoms with Crippen molar-refractivity contribution in [3.8, 4) is 0 Å². The molecule has 3 rings (SSSR count). The van der Waals surface area contributed by atoms with Crippen LogP contribution < -0.4 is 10.2 Å². The number of aryl methyl sites for hydroxylation is 3. The molecule has 0 radical (unpaired) electrons. The normalized spacial score (nSPS) is 10.6. The fraction of sp³-hybridized carbons (Fsp3) is 0.261. The van der Waals surface area contributed by atoms with Crippen molar-refractivity contribution < 1.29 is 4.79 Å². The van der Waals surface area contributed by atoms with Crippen LogP contribution in [-0.2, 0) is 6.54 Å². The number of nitrogens with one attached hydrogen (secondary N) is 1. The van der Waals surface area contributed by atoms with Gasteiger partial charge in [-0.15, -0.1) is 0 Å². The first kappa shape index (κ1) is 19.5.